The molecule has 6 aromatic heterocycles. The van der Waals surface area contributed by atoms with E-state index < -0.39 is 90.0 Å². The number of halogens is 1. The number of thiazole rings is 3. The molecule has 12 rings (SSSR count). The van der Waals surface area contributed by atoms with Crippen molar-refractivity contribution in [2.75, 3.05) is 73.7 Å². The number of hydrogen-bond acceptors (Lipinski definition) is 40. The minimum absolute atomic E-state index is 0. The molecule has 6 aromatic carbocycles. The zero-order valence-corrected chi connectivity index (χ0v) is 81.9. The summed E-state index contributed by atoms with van der Waals surface area (Å²) in [5.41, 5.74) is 10.8. The van der Waals surface area contributed by atoms with Gasteiger partial charge in [-0.3, -0.25) is 24.0 Å². The number of ether oxygens (including phenoxy) is 11. The third kappa shape index (κ3) is 35.6. The van der Waals surface area contributed by atoms with Crippen LogP contribution < -0.4 is 68.4 Å². The number of carbonyl (C=O) groups excluding carboxylic acids is 4. The molecule has 138 heavy (non-hydrogen) atoms. The van der Waals surface area contributed by atoms with Crippen LogP contribution in [0.25, 0.3) is 30.6 Å². The van der Waals surface area contributed by atoms with Crippen LogP contribution >= 0.6 is 46.4 Å². The number of fused-ring (bicyclic) bond motifs is 3. The molecule has 0 unspecified atom stereocenters. The van der Waals surface area contributed by atoms with Gasteiger partial charge in [0.2, 0.25) is 13.0 Å². The zero-order valence-electron chi connectivity index (χ0n) is 76.2. The molecule has 6 atom stereocenters. The van der Waals surface area contributed by atoms with Crippen molar-refractivity contribution in [3.8, 4) is 34.5 Å². The molecule has 0 saturated carbocycles. The Morgan fingerprint density at radius 2 is 0.710 bits per heavy atom. The van der Waals surface area contributed by atoms with E-state index in [9.17, 15) is 64.2 Å². The largest absolute Gasteiger partial charge is 1.00 e. The predicted octanol–water partition coefficient (Wildman–Crippen LogP) is 3.93. The average molecular weight is 2050 g/mol. The third-order valence-electron chi connectivity index (χ3n) is 19.0. The van der Waals surface area contributed by atoms with Crippen LogP contribution in [-0.4, -0.2) is 231 Å². The number of aromatic nitrogens is 12. The van der Waals surface area contributed by atoms with Gasteiger partial charge in [-0.15, -0.1) is 61.7 Å². The number of carboxylic acid groups (broad SMARTS) is 2. The Kier molecular flexibility index (Phi) is 46.4. The Morgan fingerprint density at radius 1 is 0.406 bits per heavy atom. The van der Waals surface area contributed by atoms with Crippen LogP contribution in [0.3, 0.4) is 0 Å². The Labute approximate surface area is 822 Å². The molecular weight excluding hydrogens is 1940 g/mol. The fraction of sp³-hybridized carbons (Fsp3) is 0.400. The summed E-state index contributed by atoms with van der Waals surface area (Å²) in [6, 6.07) is 33.2. The van der Waals surface area contributed by atoms with Crippen molar-refractivity contribution in [1.82, 2.24) is 59.9 Å². The van der Waals surface area contributed by atoms with E-state index in [0.29, 0.717) is 88.8 Å². The molecule has 0 aliphatic heterocycles. The van der Waals surface area contributed by atoms with E-state index in [1.54, 1.807) is 135 Å². The van der Waals surface area contributed by atoms with Gasteiger partial charge in [0.25, 0.3) is 30.1 Å². The number of Topliss-reactive ketones (excluding diaryl/α,β-unsaturated/α-hetero) is 2. The Morgan fingerprint density at radius 3 is 1.01 bits per heavy atom. The van der Waals surface area contributed by atoms with Crippen molar-refractivity contribution in [2.45, 2.75) is 131 Å². The predicted molar refractivity (Wildman–Crippen MR) is 496 cm³/mol. The summed E-state index contributed by atoms with van der Waals surface area (Å²) in [6.07, 6.45) is 4.33. The van der Waals surface area contributed by atoms with Gasteiger partial charge in [0.15, 0.2) is 17.6 Å². The summed E-state index contributed by atoms with van der Waals surface area (Å²) in [7, 11) is -9.14. The maximum atomic E-state index is 13.5. The number of carboxylic acids is 2. The number of sulfonamides is 3. The maximum Gasteiger partial charge on any atom is 1.00 e. The Hall–Kier alpha value is -11.3. The number of carbonyl (C=O) groups is 6. The number of nitrogens with zero attached hydrogens (tertiary/aromatic N) is 12. The van der Waals surface area contributed by atoms with Crippen LogP contribution in [0.1, 0.15) is 106 Å². The van der Waals surface area contributed by atoms with E-state index in [1.165, 1.54) is 34.5 Å². The number of primary sulfonamides is 3. The van der Waals surface area contributed by atoms with Gasteiger partial charge < -0.3 is 88.8 Å². The zero-order chi connectivity index (χ0) is 98.3. The minimum atomic E-state index is -3.92. The number of nitrogens with two attached hydrogens (primary N) is 4. The number of methoxy groups -OCH3 is 2. The smallest absolute Gasteiger partial charge is 0.870 e. The molecule has 53 heteroatoms. The molecule has 0 fully saturated rings. The standard InChI is InChI=1S/C29H35N5O9S2.C28H33N5O9S2.C15H17N5O5S2.C13H19NO5.ClH.Li.H2O/c1-18(2)27(25(36)12-20(28(37)40-3)16-41-15-19-5-4-6-22(11-19)42-10-9-35)34-14-21(32-33-34)17-43-23-7-8-24-26(13-23)44-29(31-24)45(30,38)39;1-17(2)26(24(35)11-19(27(36)37)15-40-14-18-4-3-5-21(10-18)41-9-8-34)33-13-20(31-32-33)16-42-22-6-7-23-25(12-22)43-28(30-23)44(29,38)39;1-8(2)13(14(21)22)20-6-9(18-19-20)7-25-10-3-4-11-12(5-10)26-15(17-11)27(16,23)24;1-17-13(16)12(14)9-18-8-10-3-2-4-11(7-10)19-6-5-15;;;/h4-8,11,13-14,18,20,27,35H,9-10,12,15-17H2,1-3H3,(H2,30,38,39);3-7,10,12-13,17,19,26,34H,8-9,11,14-16H2,1-2H3,(H,36,37)(H2,29,38,39);3-6,8,13H,7H2,1-2H3,(H,21,22)(H2,16,23,24);2-4,7,12,15H,5-6,8-9,14H2,1H3;1H;;1H2/q;;;;;+1;/p-1/t20-,27-;19-,26-;13-;12-;;;/m0000.../s1. The van der Waals surface area contributed by atoms with Crippen molar-refractivity contribution in [1.29, 1.82) is 0 Å². The molecule has 0 radical (unpaired) electrons. The molecule has 14 N–H and O–H groups in total. The molecule has 0 spiro atoms. The van der Waals surface area contributed by atoms with Gasteiger partial charge in [0.05, 0.1) is 135 Å². The summed E-state index contributed by atoms with van der Waals surface area (Å²) >= 11 is 2.83. The topological polar surface area (TPSA) is 672 Å². The van der Waals surface area contributed by atoms with Crippen LogP contribution in [-0.2, 0) is 122 Å². The van der Waals surface area contributed by atoms with Crippen molar-refractivity contribution >= 4 is 143 Å². The van der Waals surface area contributed by atoms with E-state index in [-0.39, 0.29) is 184 Å². The van der Waals surface area contributed by atoms with Gasteiger partial charge in [-0.1, -0.05) is 93.6 Å². The number of aliphatic hydroxyl groups excluding tert-OH is 3. The quantitative estimate of drug-likeness (QED) is 0.0193. The number of ketones is 2. The average Bonchev–Trinajstić information content (AvgIpc) is 1.66. The first kappa shape index (κ1) is 115. The number of rotatable bonds is 49. The van der Waals surface area contributed by atoms with Crippen molar-refractivity contribution in [3.05, 3.63) is 180 Å². The summed E-state index contributed by atoms with van der Waals surface area (Å²) in [6.45, 7) is 11.9. The first-order chi connectivity index (χ1) is 64.2. The van der Waals surface area contributed by atoms with Gasteiger partial charge in [0, 0.05) is 12.8 Å². The van der Waals surface area contributed by atoms with E-state index in [1.807, 2.05) is 45.9 Å². The number of aliphatic carboxylic acids is 2. The van der Waals surface area contributed by atoms with Crippen LogP contribution in [0.15, 0.2) is 159 Å². The van der Waals surface area contributed by atoms with Crippen LogP contribution in [0.5, 0.6) is 34.5 Å². The fourth-order valence-corrected chi connectivity index (χ4v) is 17.9. The van der Waals surface area contributed by atoms with Gasteiger partial charge in [-0.05, 0) is 125 Å². The van der Waals surface area contributed by atoms with Crippen molar-refractivity contribution in [2.24, 2.45) is 50.7 Å². The molecular formula is C85H106ClLiN16O29S6. The minimum Gasteiger partial charge on any atom is -0.870 e. The molecule has 744 valence electrons. The summed E-state index contributed by atoms with van der Waals surface area (Å²) in [5, 5.41) is 85.4. The number of esters is 2. The van der Waals surface area contributed by atoms with Crippen LogP contribution in [0.2, 0.25) is 0 Å². The van der Waals surface area contributed by atoms with Crippen molar-refractivity contribution < 1.29 is 156 Å². The first-order valence-corrected chi connectivity index (χ1v) is 48.4. The van der Waals surface area contributed by atoms with Crippen molar-refractivity contribution in [3.63, 3.8) is 0 Å². The van der Waals surface area contributed by atoms with Gasteiger partial charge >= 0.3 is 42.7 Å². The van der Waals surface area contributed by atoms with E-state index >= 15 is 0 Å². The summed E-state index contributed by atoms with van der Waals surface area (Å²) in [4.78, 5) is 85.8. The molecule has 0 aliphatic carbocycles. The number of aliphatic hydroxyl groups is 3. The first-order valence-electron chi connectivity index (χ1n) is 41.3. The van der Waals surface area contributed by atoms with E-state index in [0.717, 1.165) is 50.7 Å². The fourth-order valence-electron chi connectivity index (χ4n) is 12.8. The Balaban J connectivity index is 0.000000294. The summed E-state index contributed by atoms with van der Waals surface area (Å²) < 4.78 is 134. The molecule has 0 aliphatic rings. The molecule has 45 nitrogen and oxygen atoms in total. The molecule has 6 heterocycles. The second-order valence-corrected chi connectivity index (χ2v) is 39.0. The van der Waals surface area contributed by atoms with Gasteiger partial charge in [-0.2, -0.15) is 0 Å². The van der Waals surface area contributed by atoms with E-state index in [2.05, 4.69) is 50.6 Å². The van der Waals surface area contributed by atoms with Crippen LogP contribution in [0.4, 0.5) is 0 Å². The second-order valence-electron chi connectivity index (χ2n) is 30.7. The van der Waals surface area contributed by atoms with Gasteiger partial charge in [0.1, 0.15) is 109 Å². The summed E-state index contributed by atoms with van der Waals surface area (Å²) in [5.74, 6) is -3.00. The monoisotopic (exact) mass is 2050 g/mol. The molecule has 0 amide bonds. The number of hydrogen-bond donors (Lipinski definition) is 9. The Bertz CT molecular complexity index is 6350. The third-order valence-corrected chi connectivity index (χ3v) is 26.1. The molecule has 0 bridgehead atoms. The van der Waals surface area contributed by atoms with Crippen LogP contribution in [0, 0.1) is 29.6 Å². The SMILES string of the molecule is CC(C)[C@@H](C(=O)C[C@@H](COCc1cccc(OCCO)c1)C(=O)O)n1cc(COc2ccc3nc(S(N)(=O)=O)sc3c2)nn1.CC(C)[C@@H](C(=O)O)n1cc(COc2ccc3nc(S(N)(=O)=O)sc3c2)nn1.COC(=O)[C@@H](N)COCc1cccc(OCCO)c1.COC(=O)[C@H](COCc1cccc(OCCO)c1)CC(=O)[C@H](C(C)C)n1cc(COc2ccc3nc(S(N)(=O)=O)sc3c2)nn1.Cl.[Li+].[OH-]. The normalized spacial score (nSPS) is 12.7. The van der Waals surface area contributed by atoms with E-state index in [4.69, 9.17) is 83.8 Å². The van der Waals surface area contributed by atoms with Gasteiger partial charge in [-0.25, -0.2) is 74.5 Å². The molecule has 12 aromatic rings. The maximum absolute atomic E-state index is 13.5. The number of benzene rings is 6. The molecule has 0 saturated heterocycles. The second kappa shape index (κ2) is 55.5.